The Bertz CT molecular complexity index is 866. The van der Waals surface area contributed by atoms with Crippen molar-refractivity contribution in [1.29, 1.82) is 0 Å². The predicted molar refractivity (Wildman–Crippen MR) is 88.4 cm³/mol. The minimum atomic E-state index is -3.33. The summed E-state index contributed by atoms with van der Waals surface area (Å²) in [6.45, 7) is 5.61. The number of benzene rings is 1. The van der Waals surface area contributed by atoms with Gasteiger partial charge in [0.15, 0.2) is 9.84 Å². The van der Waals surface area contributed by atoms with Crippen LogP contribution < -0.4 is 5.32 Å². The van der Waals surface area contributed by atoms with E-state index in [1.165, 1.54) is 0 Å². The van der Waals surface area contributed by atoms with Gasteiger partial charge in [0.05, 0.1) is 22.4 Å². The SMILES string of the molecule is Cc1noc(C)c1[C@H](C)CC(=O)N[C@@H]1CS(=O)(=O)c2ccccc21. The van der Waals surface area contributed by atoms with Crippen molar-refractivity contribution in [2.45, 2.75) is 44.0 Å². The van der Waals surface area contributed by atoms with Gasteiger partial charge in [0.2, 0.25) is 5.91 Å². The quantitative estimate of drug-likeness (QED) is 0.916. The normalized spacial score (nSPS) is 19.7. The van der Waals surface area contributed by atoms with Crippen molar-refractivity contribution in [3.8, 4) is 0 Å². The van der Waals surface area contributed by atoms with E-state index in [2.05, 4.69) is 10.5 Å². The number of nitrogens with one attached hydrogen (secondary N) is 1. The van der Waals surface area contributed by atoms with Crippen molar-refractivity contribution >= 4 is 15.7 Å². The summed E-state index contributed by atoms with van der Waals surface area (Å²) in [6, 6.07) is 6.33. The topological polar surface area (TPSA) is 89.3 Å². The Hall–Kier alpha value is -2.15. The first kappa shape index (κ1) is 16.7. The van der Waals surface area contributed by atoms with E-state index >= 15 is 0 Å². The van der Waals surface area contributed by atoms with Crippen LogP contribution in [0, 0.1) is 13.8 Å². The van der Waals surface area contributed by atoms with E-state index in [1.807, 2.05) is 20.8 Å². The summed E-state index contributed by atoms with van der Waals surface area (Å²) < 4.78 is 29.5. The van der Waals surface area contributed by atoms with Crippen molar-refractivity contribution in [1.82, 2.24) is 10.5 Å². The molecule has 2 aromatic rings. The molecular weight excluding hydrogens is 328 g/mol. The number of aryl methyl sites for hydroxylation is 2. The van der Waals surface area contributed by atoms with Crippen molar-refractivity contribution in [3.05, 3.63) is 46.8 Å². The lowest BCUT2D eigenvalue weighted by Gasteiger charge is -2.15. The van der Waals surface area contributed by atoms with E-state index in [0.717, 1.165) is 11.3 Å². The lowest BCUT2D eigenvalue weighted by molar-refractivity contribution is -0.122. The van der Waals surface area contributed by atoms with Crippen molar-refractivity contribution < 1.29 is 17.7 Å². The van der Waals surface area contributed by atoms with Gasteiger partial charge < -0.3 is 9.84 Å². The number of nitrogens with zero attached hydrogens (tertiary/aromatic N) is 1. The number of amides is 1. The summed E-state index contributed by atoms with van der Waals surface area (Å²) in [4.78, 5) is 12.7. The van der Waals surface area contributed by atoms with Crippen LogP contribution in [0.3, 0.4) is 0 Å². The molecular formula is C17H20N2O4S. The summed E-state index contributed by atoms with van der Waals surface area (Å²) in [7, 11) is -3.33. The summed E-state index contributed by atoms with van der Waals surface area (Å²) in [5, 5.41) is 6.76. The van der Waals surface area contributed by atoms with Crippen LogP contribution in [0.1, 0.15) is 47.9 Å². The Kier molecular flexibility index (Phi) is 4.21. The first-order chi connectivity index (χ1) is 11.3. The van der Waals surface area contributed by atoms with Crippen LogP contribution in [0.5, 0.6) is 0 Å². The Morgan fingerprint density at radius 1 is 1.38 bits per heavy atom. The first-order valence-corrected chi connectivity index (χ1v) is 9.48. The molecule has 2 heterocycles. The Labute approximate surface area is 141 Å². The molecule has 3 rings (SSSR count). The lowest BCUT2D eigenvalue weighted by Crippen LogP contribution is -2.30. The van der Waals surface area contributed by atoms with E-state index in [9.17, 15) is 13.2 Å². The van der Waals surface area contributed by atoms with E-state index in [1.54, 1.807) is 24.3 Å². The number of sulfone groups is 1. The molecule has 0 saturated carbocycles. The fraction of sp³-hybridized carbons (Fsp3) is 0.412. The van der Waals surface area contributed by atoms with Crippen molar-refractivity contribution in [3.63, 3.8) is 0 Å². The second-order valence-corrected chi connectivity index (χ2v) is 8.29. The van der Waals surface area contributed by atoms with Gasteiger partial charge in [0, 0.05) is 12.0 Å². The smallest absolute Gasteiger partial charge is 0.221 e. The number of hydrogen-bond donors (Lipinski definition) is 1. The van der Waals surface area contributed by atoms with Gasteiger partial charge in [-0.2, -0.15) is 0 Å². The second kappa shape index (κ2) is 6.05. The van der Waals surface area contributed by atoms with Crippen LogP contribution in [0.4, 0.5) is 0 Å². The van der Waals surface area contributed by atoms with Crippen molar-refractivity contribution in [2.24, 2.45) is 0 Å². The molecule has 0 unspecified atom stereocenters. The molecule has 1 amide bonds. The molecule has 2 atom stereocenters. The molecule has 1 aliphatic heterocycles. The van der Waals surface area contributed by atoms with Gasteiger partial charge in [-0.05, 0) is 31.4 Å². The zero-order valence-electron chi connectivity index (χ0n) is 13.9. The molecule has 0 radical (unpaired) electrons. The zero-order chi connectivity index (χ0) is 17.5. The summed E-state index contributed by atoms with van der Waals surface area (Å²) in [5.41, 5.74) is 2.38. The van der Waals surface area contributed by atoms with Gasteiger partial charge in [-0.25, -0.2) is 8.42 Å². The summed E-state index contributed by atoms with van der Waals surface area (Å²) in [6.07, 6.45) is 0.252. The maximum absolute atomic E-state index is 12.4. The zero-order valence-corrected chi connectivity index (χ0v) is 14.7. The molecule has 0 aliphatic carbocycles. The molecule has 1 aromatic carbocycles. The van der Waals surface area contributed by atoms with Crippen LogP contribution in [0.25, 0.3) is 0 Å². The first-order valence-electron chi connectivity index (χ1n) is 7.83. The molecule has 6 nitrogen and oxygen atoms in total. The Balaban J connectivity index is 1.73. The minimum absolute atomic E-state index is 0.0514. The molecule has 7 heteroatoms. The molecule has 1 aromatic heterocycles. The van der Waals surface area contributed by atoms with E-state index in [-0.39, 0.29) is 24.0 Å². The van der Waals surface area contributed by atoms with Gasteiger partial charge >= 0.3 is 0 Å². The predicted octanol–water partition coefficient (Wildman–Crippen LogP) is 2.43. The Morgan fingerprint density at radius 2 is 2.08 bits per heavy atom. The summed E-state index contributed by atoms with van der Waals surface area (Å²) in [5.74, 6) is 0.392. The molecule has 128 valence electrons. The molecule has 1 N–H and O–H groups in total. The monoisotopic (exact) mass is 348 g/mol. The third kappa shape index (κ3) is 2.96. The molecule has 0 bridgehead atoms. The standard InChI is InChI=1S/C17H20N2O4S/c1-10(17-11(2)19-23-12(17)3)8-16(20)18-14-9-24(21,22)15-7-5-4-6-13(14)15/h4-7,10,14H,8-9H2,1-3H3,(H,18,20)/t10-,14-/m1/s1. The summed E-state index contributed by atoms with van der Waals surface area (Å²) >= 11 is 0. The van der Waals surface area contributed by atoms with Crippen LogP contribution in [0.15, 0.2) is 33.7 Å². The van der Waals surface area contributed by atoms with Crippen LogP contribution >= 0.6 is 0 Å². The fourth-order valence-corrected chi connectivity index (χ4v) is 5.13. The highest BCUT2D eigenvalue weighted by Gasteiger charge is 2.35. The average molecular weight is 348 g/mol. The third-order valence-electron chi connectivity index (χ3n) is 4.42. The molecule has 1 aliphatic rings. The highest BCUT2D eigenvalue weighted by Crippen LogP contribution is 2.33. The number of fused-ring (bicyclic) bond motifs is 1. The number of rotatable bonds is 4. The molecule has 0 spiro atoms. The number of carbonyl (C=O) groups excluding carboxylic acids is 1. The highest BCUT2D eigenvalue weighted by atomic mass is 32.2. The fourth-order valence-electron chi connectivity index (χ4n) is 3.40. The van der Waals surface area contributed by atoms with Gasteiger partial charge in [0.25, 0.3) is 0 Å². The molecule has 0 fully saturated rings. The lowest BCUT2D eigenvalue weighted by atomic mass is 9.95. The van der Waals surface area contributed by atoms with Crippen LogP contribution in [0.2, 0.25) is 0 Å². The van der Waals surface area contributed by atoms with Gasteiger partial charge in [-0.3, -0.25) is 4.79 Å². The van der Waals surface area contributed by atoms with Crippen molar-refractivity contribution in [2.75, 3.05) is 5.75 Å². The van der Waals surface area contributed by atoms with Crippen LogP contribution in [-0.2, 0) is 14.6 Å². The number of aromatic nitrogens is 1. The second-order valence-electron chi connectivity index (χ2n) is 6.28. The maximum atomic E-state index is 12.4. The molecule has 24 heavy (non-hydrogen) atoms. The third-order valence-corrected chi connectivity index (χ3v) is 6.24. The number of hydrogen-bond acceptors (Lipinski definition) is 5. The van der Waals surface area contributed by atoms with Gasteiger partial charge in [-0.1, -0.05) is 30.3 Å². The average Bonchev–Trinajstić information content (AvgIpc) is 2.97. The largest absolute Gasteiger partial charge is 0.361 e. The van der Waals surface area contributed by atoms with Crippen LogP contribution in [-0.4, -0.2) is 25.2 Å². The molecule has 0 saturated heterocycles. The van der Waals surface area contributed by atoms with E-state index < -0.39 is 15.9 Å². The Morgan fingerprint density at radius 3 is 2.75 bits per heavy atom. The number of carbonyl (C=O) groups is 1. The maximum Gasteiger partial charge on any atom is 0.221 e. The minimum Gasteiger partial charge on any atom is -0.361 e. The van der Waals surface area contributed by atoms with E-state index in [4.69, 9.17) is 4.52 Å². The van der Waals surface area contributed by atoms with E-state index in [0.29, 0.717) is 16.2 Å². The highest BCUT2D eigenvalue weighted by molar-refractivity contribution is 7.91. The van der Waals surface area contributed by atoms with Gasteiger partial charge in [-0.15, -0.1) is 0 Å². The van der Waals surface area contributed by atoms with Gasteiger partial charge in [0.1, 0.15) is 5.76 Å².